The number of halogens is 1. The Hall–Kier alpha value is -2.41. The van der Waals surface area contributed by atoms with Gasteiger partial charge in [0.2, 0.25) is 11.8 Å². The van der Waals surface area contributed by atoms with Crippen molar-refractivity contribution in [3.8, 4) is 5.82 Å². The minimum atomic E-state index is -0.322. The van der Waals surface area contributed by atoms with Crippen LogP contribution in [-0.4, -0.2) is 45.1 Å². The molecular formula is C16H18ClN5O2. The Labute approximate surface area is 144 Å². The Bertz CT molecular complexity index is 800. The van der Waals surface area contributed by atoms with Gasteiger partial charge in [0.15, 0.2) is 5.82 Å². The number of aromatic nitrogens is 3. The van der Waals surface area contributed by atoms with E-state index in [0.29, 0.717) is 23.1 Å². The van der Waals surface area contributed by atoms with E-state index in [0.717, 1.165) is 11.4 Å². The first-order valence-electron chi connectivity index (χ1n) is 7.59. The van der Waals surface area contributed by atoms with Crippen molar-refractivity contribution in [3.63, 3.8) is 0 Å². The van der Waals surface area contributed by atoms with Crippen molar-refractivity contribution in [3.05, 3.63) is 34.7 Å². The zero-order valence-corrected chi connectivity index (χ0v) is 14.5. The van der Waals surface area contributed by atoms with E-state index in [4.69, 9.17) is 11.6 Å². The molecule has 24 heavy (non-hydrogen) atoms. The highest BCUT2D eigenvalue weighted by molar-refractivity contribution is 6.31. The molecule has 1 atom stereocenters. The van der Waals surface area contributed by atoms with Crippen LogP contribution in [0.4, 0.5) is 5.69 Å². The second kappa shape index (κ2) is 6.24. The summed E-state index contributed by atoms with van der Waals surface area (Å²) in [6.45, 7) is 4.15. The van der Waals surface area contributed by atoms with Gasteiger partial charge in [-0.1, -0.05) is 11.6 Å². The van der Waals surface area contributed by atoms with Gasteiger partial charge in [-0.3, -0.25) is 9.59 Å². The fraction of sp³-hybridized carbons (Fsp3) is 0.375. The van der Waals surface area contributed by atoms with Crippen LogP contribution in [0.3, 0.4) is 0 Å². The molecule has 1 N–H and O–H groups in total. The van der Waals surface area contributed by atoms with Gasteiger partial charge in [0.05, 0.1) is 34.2 Å². The lowest BCUT2D eigenvalue weighted by molar-refractivity contribution is -0.127. The summed E-state index contributed by atoms with van der Waals surface area (Å²) >= 11 is 6.15. The quantitative estimate of drug-likeness (QED) is 0.920. The van der Waals surface area contributed by atoms with Gasteiger partial charge < -0.3 is 10.2 Å². The van der Waals surface area contributed by atoms with Crippen molar-refractivity contribution in [1.29, 1.82) is 0 Å². The van der Waals surface area contributed by atoms with Gasteiger partial charge in [-0.25, -0.2) is 9.67 Å². The number of aryl methyl sites for hydroxylation is 1. The number of hydrogen-bond acceptors (Lipinski definition) is 4. The predicted molar refractivity (Wildman–Crippen MR) is 90.2 cm³/mol. The molecule has 0 unspecified atom stereocenters. The summed E-state index contributed by atoms with van der Waals surface area (Å²) in [7, 11) is 1.70. The van der Waals surface area contributed by atoms with Gasteiger partial charge in [0.25, 0.3) is 0 Å². The maximum absolute atomic E-state index is 12.2. The molecule has 2 aromatic rings. The van der Waals surface area contributed by atoms with Crippen LogP contribution in [0.25, 0.3) is 5.82 Å². The number of hydrogen-bond donors (Lipinski definition) is 1. The molecule has 1 aliphatic rings. The molecule has 3 heterocycles. The highest BCUT2D eigenvalue weighted by Gasteiger charge is 2.32. The van der Waals surface area contributed by atoms with Crippen LogP contribution in [-0.2, 0) is 9.59 Å². The largest absolute Gasteiger partial charge is 0.345 e. The van der Waals surface area contributed by atoms with Crippen molar-refractivity contribution in [2.75, 3.05) is 18.9 Å². The molecule has 0 saturated carbocycles. The van der Waals surface area contributed by atoms with Crippen LogP contribution < -0.4 is 5.32 Å². The molecule has 0 aliphatic carbocycles. The van der Waals surface area contributed by atoms with Gasteiger partial charge in [0.1, 0.15) is 0 Å². The molecule has 1 fully saturated rings. The number of rotatable bonds is 3. The molecule has 0 bridgehead atoms. The van der Waals surface area contributed by atoms with E-state index in [2.05, 4.69) is 15.4 Å². The van der Waals surface area contributed by atoms with Crippen LogP contribution in [0.1, 0.15) is 17.8 Å². The third-order valence-corrected chi connectivity index (χ3v) is 4.69. The maximum atomic E-state index is 12.2. The molecule has 7 nitrogen and oxygen atoms in total. The number of anilines is 1. The van der Waals surface area contributed by atoms with E-state index >= 15 is 0 Å². The molecule has 3 rings (SSSR count). The summed E-state index contributed by atoms with van der Waals surface area (Å²) in [4.78, 5) is 29.6. The summed E-state index contributed by atoms with van der Waals surface area (Å²) < 4.78 is 1.66. The highest BCUT2D eigenvalue weighted by Crippen LogP contribution is 2.22. The molecule has 0 spiro atoms. The average molecular weight is 348 g/mol. The molecule has 0 radical (unpaired) electrons. The third-order valence-electron chi connectivity index (χ3n) is 4.15. The second-order valence-corrected chi connectivity index (χ2v) is 6.34. The lowest BCUT2D eigenvalue weighted by Crippen LogP contribution is -2.25. The molecule has 1 aliphatic heterocycles. The first kappa shape index (κ1) is 16.4. The monoisotopic (exact) mass is 347 g/mol. The van der Waals surface area contributed by atoms with Gasteiger partial charge in [-0.15, -0.1) is 0 Å². The number of nitrogens with one attached hydrogen (secondary N) is 1. The van der Waals surface area contributed by atoms with Gasteiger partial charge in [-0.2, -0.15) is 5.10 Å². The molecular weight excluding hydrogens is 330 g/mol. The number of amides is 2. The predicted octanol–water partition coefficient (Wildman–Crippen LogP) is 1.95. The van der Waals surface area contributed by atoms with E-state index in [1.165, 1.54) is 0 Å². The number of nitrogens with zero attached hydrogens (tertiary/aromatic N) is 4. The topological polar surface area (TPSA) is 80.1 Å². The fourth-order valence-electron chi connectivity index (χ4n) is 2.72. The Morgan fingerprint density at radius 3 is 2.62 bits per heavy atom. The molecule has 126 valence electrons. The first-order chi connectivity index (χ1) is 11.4. The SMILES string of the molecule is Cc1nn(-c2ccc(NC(=O)[C@@H]3CC(=O)N(C)C3)cn2)c(C)c1Cl. The summed E-state index contributed by atoms with van der Waals surface area (Å²) in [6, 6.07) is 3.52. The Morgan fingerprint density at radius 1 is 1.38 bits per heavy atom. The molecule has 1 saturated heterocycles. The summed E-state index contributed by atoms with van der Waals surface area (Å²) in [6.07, 6.45) is 1.82. The van der Waals surface area contributed by atoms with E-state index in [9.17, 15) is 9.59 Å². The lowest BCUT2D eigenvalue weighted by Gasteiger charge is -2.11. The summed E-state index contributed by atoms with van der Waals surface area (Å²) in [5, 5.41) is 7.76. The summed E-state index contributed by atoms with van der Waals surface area (Å²) in [5.41, 5.74) is 2.13. The second-order valence-electron chi connectivity index (χ2n) is 5.97. The van der Waals surface area contributed by atoms with Crippen LogP contribution in [0.5, 0.6) is 0 Å². The Morgan fingerprint density at radius 2 is 2.12 bits per heavy atom. The smallest absolute Gasteiger partial charge is 0.229 e. The summed E-state index contributed by atoms with van der Waals surface area (Å²) in [5.74, 6) is 0.120. The van der Waals surface area contributed by atoms with Crippen molar-refractivity contribution in [2.24, 2.45) is 5.92 Å². The first-order valence-corrected chi connectivity index (χ1v) is 7.97. The van der Waals surface area contributed by atoms with E-state index in [1.54, 1.807) is 35.0 Å². The minimum absolute atomic E-state index is 0.00923. The third kappa shape index (κ3) is 2.99. The van der Waals surface area contributed by atoms with Crippen molar-refractivity contribution in [2.45, 2.75) is 20.3 Å². The zero-order valence-electron chi connectivity index (χ0n) is 13.7. The maximum Gasteiger partial charge on any atom is 0.229 e. The number of carbonyl (C=O) groups is 2. The molecule has 2 amide bonds. The van der Waals surface area contributed by atoms with Gasteiger partial charge in [-0.05, 0) is 26.0 Å². The highest BCUT2D eigenvalue weighted by atomic mass is 35.5. The molecule has 8 heteroatoms. The normalized spacial score (nSPS) is 17.4. The van der Waals surface area contributed by atoms with Crippen LogP contribution in [0.2, 0.25) is 5.02 Å². The number of pyridine rings is 1. The van der Waals surface area contributed by atoms with Crippen LogP contribution in [0.15, 0.2) is 18.3 Å². The standard InChI is InChI=1S/C16H18ClN5O2/c1-9-15(17)10(2)22(20-9)13-5-4-12(7-18-13)19-16(24)11-6-14(23)21(3)8-11/h4-5,7,11H,6,8H2,1-3H3,(H,19,24)/t11-/m1/s1. The van der Waals surface area contributed by atoms with Crippen molar-refractivity contribution < 1.29 is 9.59 Å². The Kier molecular flexibility index (Phi) is 4.28. The van der Waals surface area contributed by atoms with Gasteiger partial charge >= 0.3 is 0 Å². The minimum Gasteiger partial charge on any atom is -0.345 e. The fourth-order valence-corrected chi connectivity index (χ4v) is 2.83. The average Bonchev–Trinajstić information content (AvgIpc) is 3.03. The van der Waals surface area contributed by atoms with E-state index in [-0.39, 0.29) is 24.2 Å². The van der Waals surface area contributed by atoms with Crippen molar-refractivity contribution in [1.82, 2.24) is 19.7 Å². The van der Waals surface area contributed by atoms with Crippen LogP contribution >= 0.6 is 11.6 Å². The molecule has 0 aromatic carbocycles. The number of likely N-dealkylation sites (tertiary alicyclic amines) is 1. The van der Waals surface area contributed by atoms with E-state index in [1.807, 2.05) is 13.8 Å². The van der Waals surface area contributed by atoms with E-state index < -0.39 is 0 Å². The molecule has 2 aromatic heterocycles. The Balaban J connectivity index is 1.72. The number of carbonyl (C=O) groups excluding carboxylic acids is 2. The zero-order chi connectivity index (χ0) is 17.4. The lowest BCUT2D eigenvalue weighted by atomic mass is 10.1. The van der Waals surface area contributed by atoms with Gasteiger partial charge in [0, 0.05) is 20.0 Å². The van der Waals surface area contributed by atoms with Crippen LogP contribution in [0, 0.1) is 19.8 Å². The van der Waals surface area contributed by atoms with Crippen molar-refractivity contribution >= 4 is 29.1 Å².